The van der Waals surface area contributed by atoms with Crippen molar-refractivity contribution in [1.82, 2.24) is 9.58 Å². The number of allylic oxidation sites excluding steroid dienone is 1. The molecule has 1 heterocycles. The molecule has 0 aliphatic rings. The Balaban J connectivity index is 1.95. The summed E-state index contributed by atoms with van der Waals surface area (Å²) < 4.78 is 2.47. The van der Waals surface area contributed by atoms with Gasteiger partial charge in [0.15, 0.2) is 0 Å². The minimum Gasteiger partial charge on any atom is -0.383 e. The first-order valence-electron chi connectivity index (χ1n) is 10.6. The molecular weight excluding hydrogens is 474 g/mol. The van der Waals surface area contributed by atoms with Gasteiger partial charge in [-0.05, 0) is 35.4 Å². The van der Waals surface area contributed by atoms with Crippen LogP contribution in [0.1, 0.15) is 5.56 Å². The number of hydrogen-bond donors (Lipinski definition) is 0. The second-order valence-corrected chi connectivity index (χ2v) is 8.70. The highest BCUT2D eigenvalue weighted by Crippen LogP contribution is 2.25. The van der Waals surface area contributed by atoms with Crippen molar-refractivity contribution in [3.63, 3.8) is 0 Å². The molecule has 0 unspecified atom stereocenters. The van der Waals surface area contributed by atoms with E-state index >= 15 is 0 Å². The molecule has 0 bridgehead atoms. The third-order valence-corrected chi connectivity index (χ3v) is 5.59. The zero-order valence-electron chi connectivity index (χ0n) is 18.5. The Bertz CT molecular complexity index is 1340. The van der Waals surface area contributed by atoms with Crippen molar-refractivity contribution in [2.75, 3.05) is 14.1 Å². The van der Waals surface area contributed by atoms with Gasteiger partial charge in [-0.1, -0.05) is 88.7 Å². The fourth-order valence-corrected chi connectivity index (χ4v) is 3.68. The highest BCUT2D eigenvalue weighted by atomic mass is 79.9. The first-order chi connectivity index (χ1) is 16.0. The van der Waals surface area contributed by atoms with Gasteiger partial charge in [-0.25, -0.2) is 0 Å². The molecule has 1 aromatic heterocycles. The maximum atomic E-state index is 13.4. The van der Waals surface area contributed by atoms with Crippen molar-refractivity contribution in [2.45, 2.75) is 0 Å². The molecule has 0 aliphatic carbocycles. The highest BCUT2D eigenvalue weighted by Gasteiger charge is 2.12. The van der Waals surface area contributed by atoms with Crippen molar-refractivity contribution in [3.05, 3.63) is 130 Å². The molecule has 0 aliphatic heterocycles. The van der Waals surface area contributed by atoms with E-state index in [0.717, 1.165) is 32.4 Å². The lowest BCUT2D eigenvalue weighted by Crippen LogP contribution is -2.19. The summed E-state index contributed by atoms with van der Waals surface area (Å²) in [5, 5.41) is 4.83. The van der Waals surface area contributed by atoms with Gasteiger partial charge in [-0.2, -0.15) is 9.78 Å². The largest absolute Gasteiger partial charge is 0.383 e. The molecule has 0 amide bonds. The summed E-state index contributed by atoms with van der Waals surface area (Å²) in [6, 6.07) is 31.3. The predicted molar refractivity (Wildman–Crippen MR) is 140 cm³/mol. The van der Waals surface area contributed by atoms with Crippen molar-refractivity contribution in [2.24, 2.45) is 5.10 Å². The van der Waals surface area contributed by atoms with Crippen LogP contribution in [0.5, 0.6) is 0 Å². The van der Waals surface area contributed by atoms with Gasteiger partial charge in [0.05, 0.1) is 11.4 Å². The number of halogens is 1. The number of nitrogens with zero attached hydrogens (tertiary/aromatic N) is 3. The Labute approximate surface area is 202 Å². The number of benzene rings is 3. The minimum absolute atomic E-state index is 0.192. The molecule has 0 saturated heterocycles. The lowest BCUT2D eigenvalue weighted by atomic mass is 10.0. The van der Waals surface area contributed by atoms with Crippen LogP contribution in [0, 0.1) is 0 Å². The summed E-state index contributed by atoms with van der Waals surface area (Å²) in [6.45, 7) is 0. The standard InChI is InChI=1S/C28H24BrN3O/c1-31(2)18-17-26(22-13-15-25(29)16-14-22)30-32-27(23-11-7-4-8-12-23)19-24(20-28(32)33)21-9-5-3-6-10-21/h3-20H,1-2H3/b18-17+,30-26+. The molecule has 0 spiro atoms. The molecule has 3 aromatic carbocycles. The van der Waals surface area contributed by atoms with Crippen molar-refractivity contribution < 1.29 is 0 Å². The topological polar surface area (TPSA) is 37.6 Å². The number of hydrogen-bond acceptors (Lipinski definition) is 3. The Kier molecular flexibility index (Phi) is 7.01. The third-order valence-electron chi connectivity index (χ3n) is 5.06. The maximum absolute atomic E-state index is 13.4. The first-order valence-corrected chi connectivity index (χ1v) is 11.4. The van der Waals surface area contributed by atoms with Crippen LogP contribution in [0.2, 0.25) is 0 Å². The molecule has 4 nitrogen and oxygen atoms in total. The Morgan fingerprint density at radius 1 is 0.818 bits per heavy atom. The molecule has 164 valence electrons. The summed E-state index contributed by atoms with van der Waals surface area (Å²) in [7, 11) is 3.90. The summed E-state index contributed by atoms with van der Waals surface area (Å²) in [4.78, 5) is 15.3. The Morgan fingerprint density at radius 2 is 1.42 bits per heavy atom. The Hall–Kier alpha value is -3.70. The van der Waals surface area contributed by atoms with E-state index < -0.39 is 0 Å². The van der Waals surface area contributed by atoms with Gasteiger partial charge in [0.2, 0.25) is 0 Å². The molecule has 0 N–H and O–H groups in total. The van der Waals surface area contributed by atoms with Crippen LogP contribution in [-0.2, 0) is 0 Å². The smallest absolute Gasteiger partial charge is 0.272 e. The van der Waals surface area contributed by atoms with Crippen LogP contribution in [0.15, 0.2) is 124 Å². The highest BCUT2D eigenvalue weighted by molar-refractivity contribution is 9.10. The van der Waals surface area contributed by atoms with Crippen molar-refractivity contribution in [1.29, 1.82) is 0 Å². The fourth-order valence-electron chi connectivity index (χ4n) is 3.41. The fraction of sp³-hybridized carbons (Fsp3) is 0.0714. The summed E-state index contributed by atoms with van der Waals surface area (Å²) >= 11 is 3.49. The van der Waals surface area contributed by atoms with Gasteiger partial charge in [-0.15, -0.1) is 0 Å². The van der Waals surface area contributed by atoms with Crippen LogP contribution in [0.3, 0.4) is 0 Å². The zero-order valence-corrected chi connectivity index (χ0v) is 20.1. The van der Waals surface area contributed by atoms with Gasteiger partial charge in [0.1, 0.15) is 0 Å². The number of rotatable bonds is 6. The molecule has 0 fully saturated rings. The van der Waals surface area contributed by atoms with Gasteiger partial charge in [0, 0.05) is 42.0 Å². The quantitative estimate of drug-likeness (QED) is 0.294. The average Bonchev–Trinajstić information content (AvgIpc) is 2.84. The SMILES string of the molecule is CN(C)/C=C/C(=N\n1c(-c2ccccc2)cc(-c2ccccc2)cc1=O)c1ccc(Br)cc1. The third kappa shape index (κ3) is 5.57. The van der Waals surface area contributed by atoms with Crippen LogP contribution < -0.4 is 5.56 Å². The summed E-state index contributed by atoms with van der Waals surface area (Å²) in [5.74, 6) is 0. The second kappa shape index (κ2) is 10.3. The monoisotopic (exact) mass is 497 g/mol. The number of pyridine rings is 1. The van der Waals surface area contributed by atoms with E-state index in [1.165, 1.54) is 4.68 Å². The molecule has 0 atom stereocenters. The van der Waals surface area contributed by atoms with Crippen LogP contribution in [0.4, 0.5) is 0 Å². The molecule has 4 aromatic rings. The van der Waals surface area contributed by atoms with E-state index in [1.54, 1.807) is 6.07 Å². The van der Waals surface area contributed by atoms with Gasteiger partial charge >= 0.3 is 0 Å². The molecule has 4 rings (SSSR count). The van der Waals surface area contributed by atoms with Crippen LogP contribution >= 0.6 is 15.9 Å². The second-order valence-electron chi connectivity index (χ2n) is 7.78. The average molecular weight is 498 g/mol. The zero-order chi connectivity index (χ0) is 23.2. The minimum atomic E-state index is -0.192. The van der Waals surface area contributed by atoms with Crippen molar-refractivity contribution in [3.8, 4) is 22.4 Å². The summed E-state index contributed by atoms with van der Waals surface area (Å²) in [5.41, 5.74) is 4.90. The first kappa shape index (κ1) is 22.5. The predicted octanol–water partition coefficient (Wildman–Crippen LogP) is 6.27. The van der Waals surface area contributed by atoms with E-state index in [1.807, 2.05) is 122 Å². The van der Waals surface area contributed by atoms with Gasteiger partial charge in [0.25, 0.3) is 5.56 Å². The molecule has 33 heavy (non-hydrogen) atoms. The van der Waals surface area contributed by atoms with Gasteiger partial charge in [-0.3, -0.25) is 4.79 Å². The lowest BCUT2D eigenvalue weighted by molar-refractivity contribution is 0.564. The maximum Gasteiger partial charge on any atom is 0.272 e. The lowest BCUT2D eigenvalue weighted by Gasteiger charge is -2.13. The molecule has 0 radical (unpaired) electrons. The van der Waals surface area contributed by atoms with E-state index in [2.05, 4.69) is 15.9 Å². The normalized spacial score (nSPS) is 11.7. The number of aromatic nitrogens is 1. The Morgan fingerprint density at radius 3 is 2.03 bits per heavy atom. The molecule has 0 saturated carbocycles. The van der Waals surface area contributed by atoms with Crippen LogP contribution in [0.25, 0.3) is 22.4 Å². The molecular formula is C28H24BrN3O. The van der Waals surface area contributed by atoms with E-state index in [0.29, 0.717) is 5.71 Å². The van der Waals surface area contributed by atoms with Gasteiger partial charge < -0.3 is 4.90 Å². The van der Waals surface area contributed by atoms with Crippen molar-refractivity contribution >= 4 is 21.6 Å². The van der Waals surface area contributed by atoms with E-state index in [4.69, 9.17) is 5.10 Å². The molecule has 5 heteroatoms. The van der Waals surface area contributed by atoms with E-state index in [-0.39, 0.29) is 5.56 Å². The summed E-state index contributed by atoms with van der Waals surface area (Å²) in [6.07, 6.45) is 3.84. The van der Waals surface area contributed by atoms with E-state index in [9.17, 15) is 4.79 Å². The van der Waals surface area contributed by atoms with Crippen LogP contribution in [-0.4, -0.2) is 29.4 Å².